The standard InChI is InChI=1S/C17H19F2N3O/c1-3-22(4-2)13-10-8-12(9-11-13)20-17(23)21-16-14(18)6-5-7-15(16)19/h5-11H,3-4H2,1-2H3,(H2,20,21,23). The molecule has 0 saturated carbocycles. The Bertz CT molecular complexity index is 650. The average Bonchev–Trinajstić information content (AvgIpc) is 2.54. The van der Waals surface area contributed by atoms with Crippen molar-refractivity contribution in [2.45, 2.75) is 13.8 Å². The number of nitrogens with one attached hydrogen (secondary N) is 2. The molecule has 0 aliphatic rings. The number of para-hydroxylation sites is 1. The van der Waals surface area contributed by atoms with Gasteiger partial charge in [0.05, 0.1) is 0 Å². The predicted molar refractivity (Wildman–Crippen MR) is 89.0 cm³/mol. The van der Waals surface area contributed by atoms with E-state index in [1.54, 1.807) is 12.1 Å². The second-order valence-electron chi connectivity index (χ2n) is 4.89. The van der Waals surface area contributed by atoms with Crippen LogP contribution in [0.15, 0.2) is 42.5 Å². The molecule has 0 saturated heterocycles. The second-order valence-corrected chi connectivity index (χ2v) is 4.89. The molecule has 23 heavy (non-hydrogen) atoms. The van der Waals surface area contributed by atoms with Gasteiger partial charge in [-0.1, -0.05) is 6.07 Å². The molecular formula is C17H19F2N3O. The zero-order valence-corrected chi connectivity index (χ0v) is 13.1. The van der Waals surface area contributed by atoms with Crippen LogP contribution in [0.2, 0.25) is 0 Å². The molecule has 0 fully saturated rings. The zero-order valence-electron chi connectivity index (χ0n) is 13.1. The number of hydrogen-bond donors (Lipinski definition) is 2. The number of hydrogen-bond acceptors (Lipinski definition) is 2. The van der Waals surface area contributed by atoms with Crippen molar-refractivity contribution in [2.75, 3.05) is 28.6 Å². The highest BCUT2D eigenvalue weighted by atomic mass is 19.1. The third-order valence-corrected chi connectivity index (χ3v) is 3.46. The summed E-state index contributed by atoms with van der Waals surface area (Å²) >= 11 is 0. The molecule has 0 atom stereocenters. The maximum Gasteiger partial charge on any atom is 0.323 e. The molecule has 0 aliphatic heterocycles. The topological polar surface area (TPSA) is 44.4 Å². The number of benzene rings is 2. The Labute approximate surface area is 134 Å². The van der Waals surface area contributed by atoms with Gasteiger partial charge in [0.1, 0.15) is 17.3 Å². The van der Waals surface area contributed by atoms with Crippen LogP contribution < -0.4 is 15.5 Å². The Morgan fingerprint density at radius 2 is 1.52 bits per heavy atom. The van der Waals surface area contributed by atoms with E-state index in [9.17, 15) is 13.6 Å². The Morgan fingerprint density at radius 1 is 0.957 bits per heavy atom. The van der Waals surface area contributed by atoms with E-state index in [4.69, 9.17) is 0 Å². The van der Waals surface area contributed by atoms with Crippen LogP contribution in [-0.4, -0.2) is 19.1 Å². The maximum atomic E-state index is 13.5. The maximum absolute atomic E-state index is 13.5. The van der Waals surface area contributed by atoms with Gasteiger partial charge < -0.3 is 15.5 Å². The van der Waals surface area contributed by atoms with Gasteiger partial charge in [0.2, 0.25) is 0 Å². The summed E-state index contributed by atoms with van der Waals surface area (Å²) in [6.45, 7) is 5.89. The fourth-order valence-corrected chi connectivity index (χ4v) is 2.24. The number of anilines is 3. The van der Waals surface area contributed by atoms with Crippen LogP contribution >= 0.6 is 0 Å². The Kier molecular flexibility index (Phi) is 5.51. The van der Waals surface area contributed by atoms with Crippen molar-refractivity contribution in [3.8, 4) is 0 Å². The van der Waals surface area contributed by atoms with E-state index in [1.165, 1.54) is 6.07 Å². The molecule has 0 aromatic heterocycles. The number of rotatable bonds is 5. The number of urea groups is 1. The molecule has 2 aromatic rings. The van der Waals surface area contributed by atoms with Gasteiger partial charge in [-0.3, -0.25) is 0 Å². The molecule has 2 aromatic carbocycles. The summed E-state index contributed by atoms with van der Waals surface area (Å²) in [5.41, 5.74) is 1.11. The highest BCUT2D eigenvalue weighted by Crippen LogP contribution is 2.20. The first kappa shape index (κ1) is 16.7. The monoisotopic (exact) mass is 319 g/mol. The van der Waals surface area contributed by atoms with E-state index in [0.29, 0.717) is 5.69 Å². The minimum atomic E-state index is -0.822. The number of halogens is 2. The number of amides is 2. The summed E-state index contributed by atoms with van der Waals surface area (Å²) in [6, 6.07) is 9.94. The lowest BCUT2D eigenvalue weighted by Crippen LogP contribution is -2.22. The molecule has 122 valence electrons. The van der Waals surface area contributed by atoms with Crippen molar-refractivity contribution in [1.82, 2.24) is 0 Å². The molecule has 4 nitrogen and oxygen atoms in total. The minimum absolute atomic E-state index is 0.468. The third kappa shape index (κ3) is 4.18. The molecule has 0 unspecified atom stereocenters. The summed E-state index contributed by atoms with van der Waals surface area (Å²) in [4.78, 5) is 14.0. The first-order chi connectivity index (χ1) is 11.0. The Hall–Kier alpha value is -2.63. The van der Waals surface area contributed by atoms with E-state index in [2.05, 4.69) is 29.4 Å². The Morgan fingerprint density at radius 3 is 2.04 bits per heavy atom. The van der Waals surface area contributed by atoms with Crippen molar-refractivity contribution in [2.24, 2.45) is 0 Å². The zero-order chi connectivity index (χ0) is 16.8. The fourth-order valence-electron chi connectivity index (χ4n) is 2.24. The first-order valence-corrected chi connectivity index (χ1v) is 7.42. The van der Waals surface area contributed by atoms with Crippen LogP contribution in [-0.2, 0) is 0 Å². The lowest BCUT2D eigenvalue weighted by Gasteiger charge is -2.21. The van der Waals surface area contributed by atoms with E-state index in [-0.39, 0.29) is 0 Å². The van der Waals surface area contributed by atoms with Crippen LogP contribution in [0.4, 0.5) is 30.6 Å². The van der Waals surface area contributed by atoms with Crippen LogP contribution in [0.25, 0.3) is 0 Å². The predicted octanol–water partition coefficient (Wildman–Crippen LogP) is 4.46. The fraction of sp³-hybridized carbons (Fsp3) is 0.235. The van der Waals surface area contributed by atoms with E-state index in [1.807, 2.05) is 12.1 Å². The van der Waals surface area contributed by atoms with Gasteiger partial charge in [0.15, 0.2) is 0 Å². The molecule has 0 spiro atoms. The SMILES string of the molecule is CCN(CC)c1ccc(NC(=O)Nc2c(F)cccc2F)cc1. The highest BCUT2D eigenvalue weighted by Gasteiger charge is 2.12. The van der Waals surface area contributed by atoms with Crippen molar-refractivity contribution in [3.05, 3.63) is 54.1 Å². The van der Waals surface area contributed by atoms with Gasteiger partial charge >= 0.3 is 6.03 Å². The van der Waals surface area contributed by atoms with E-state index >= 15 is 0 Å². The molecule has 0 radical (unpaired) electrons. The molecule has 0 heterocycles. The molecule has 2 N–H and O–H groups in total. The first-order valence-electron chi connectivity index (χ1n) is 7.42. The second kappa shape index (κ2) is 7.58. The smallest absolute Gasteiger partial charge is 0.323 e. The quantitative estimate of drug-likeness (QED) is 0.855. The lowest BCUT2D eigenvalue weighted by molar-refractivity contribution is 0.262. The highest BCUT2D eigenvalue weighted by molar-refractivity contribution is 6.00. The molecular weight excluding hydrogens is 300 g/mol. The van der Waals surface area contributed by atoms with Crippen LogP contribution in [0.3, 0.4) is 0 Å². The van der Waals surface area contributed by atoms with Crippen molar-refractivity contribution in [1.29, 1.82) is 0 Å². The normalized spacial score (nSPS) is 10.3. The largest absolute Gasteiger partial charge is 0.372 e. The number of nitrogens with zero attached hydrogens (tertiary/aromatic N) is 1. The summed E-state index contributed by atoms with van der Waals surface area (Å²) in [5, 5.41) is 4.72. The van der Waals surface area contributed by atoms with Gasteiger partial charge in [-0.25, -0.2) is 13.6 Å². The van der Waals surface area contributed by atoms with Crippen LogP contribution in [0.1, 0.15) is 13.8 Å². The summed E-state index contributed by atoms with van der Waals surface area (Å²) < 4.78 is 27.0. The lowest BCUT2D eigenvalue weighted by atomic mass is 10.2. The van der Waals surface area contributed by atoms with Crippen molar-refractivity contribution in [3.63, 3.8) is 0 Å². The number of carbonyl (C=O) groups is 1. The molecule has 0 aliphatic carbocycles. The molecule has 2 rings (SSSR count). The molecule has 2 amide bonds. The third-order valence-electron chi connectivity index (χ3n) is 3.46. The molecule has 6 heteroatoms. The van der Waals surface area contributed by atoms with Crippen LogP contribution in [0.5, 0.6) is 0 Å². The van der Waals surface area contributed by atoms with Crippen molar-refractivity contribution < 1.29 is 13.6 Å². The van der Waals surface area contributed by atoms with E-state index in [0.717, 1.165) is 30.9 Å². The molecule has 0 bridgehead atoms. The van der Waals surface area contributed by atoms with Gasteiger partial charge in [-0.2, -0.15) is 0 Å². The van der Waals surface area contributed by atoms with Gasteiger partial charge in [0.25, 0.3) is 0 Å². The summed E-state index contributed by atoms with van der Waals surface area (Å²) in [7, 11) is 0. The summed E-state index contributed by atoms with van der Waals surface area (Å²) in [5.74, 6) is -1.64. The minimum Gasteiger partial charge on any atom is -0.372 e. The Balaban J connectivity index is 2.03. The van der Waals surface area contributed by atoms with Crippen molar-refractivity contribution >= 4 is 23.1 Å². The van der Waals surface area contributed by atoms with Gasteiger partial charge in [-0.15, -0.1) is 0 Å². The van der Waals surface area contributed by atoms with Gasteiger partial charge in [-0.05, 0) is 50.2 Å². The van der Waals surface area contributed by atoms with Gasteiger partial charge in [0, 0.05) is 24.5 Å². The average molecular weight is 319 g/mol. The van der Waals surface area contributed by atoms with E-state index < -0.39 is 23.4 Å². The number of carbonyl (C=O) groups excluding carboxylic acids is 1. The summed E-state index contributed by atoms with van der Waals surface area (Å²) in [6.07, 6.45) is 0. The van der Waals surface area contributed by atoms with Crippen LogP contribution in [0, 0.1) is 11.6 Å².